The number of nitrogens with zero attached hydrogens (tertiary/aromatic N) is 3. The fraction of sp³-hybridized carbons (Fsp3) is 0.500. The first-order valence-corrected chi connectivity index (χ1v) is 8.66. The molecule has 4 heterocycles. The molecule has 0 saturated carbocycles. The van der Waals surface area contributed by atoms with Crippen LogP contribution in [0.25, 0.3) is 0 Å². The van der Waals surface area contributed by atoms with Crippen LogP contribution in [0.3, 0.4) is 0 Å². The number of aromatic nitrogens is 2. The van der Waals surface area contributed by atoms with Crippen LogP contribution in [0.4, 0.5) is 5.95 Å². The minimum absolute atomic E-state index is 0.0476. The number of anilines is 1. The van der Waals surface area contributed by atoms with Gasteiger partial charge in [-0.3, -0.25) is 4.79 Å². The Hall–Kier alpha value is -2.41. The molecule has 0 aliphatic carbocycles. The Kier molecular flexibility index (Phi) is 4.17. The van der Waals surface area contributed by atoms with E-state index in [1.165, 1.54) is 0 Å². The van der Waals surface area contributed by atoms with Gasteiger partial charge in [-0.15, -0.1) is 0 Å². The predicted molar refractivity (Wildman–Crippen MR) is 91.3 cm³/mol. The number of nitrogens with one attached hydrogen (secondary N) is 1. The molecule has 1 amide bonds. The summed E-state index contributed by atoms with van der Waals surface area (Å²) < 4.78 is 11.4. The Morgan fingerprint density at radius 3 is 2.76 bits per heavy atom. The van der Waals surface area contributed by atoms with E-state index in [4.69, 9.17) is 9.15 Å². The topological polar surface area (TPSA) is 80.5 Å². The molecule has 1 spiro atoms. The lowest BCUT2D eigenvalue weighted by atomic mass is 9.87. The summed E-state index contributed by atoms with van der Waals surface area (Å²) in [6, 6.07) is 3.75. The molecular formula is C18H22N4O3. The fourth-order valence-corrected chi connectivity index (χ4v) is 3.74. The molecule has 2 aliphatic heterocycles. The highest BCUT2D eigenvalue weighted by Crippen LogP contribution is 2.37. The first-order chi connectivity index (χ1) is 12.2. The van der Waals surface area contributed by atoms with Crippen LogP contribution >= 0.6 is 0 Å². The predicted octanol–water partition coefficient (Wildman–Crippen LogP) is 2.25. The van der Waals surface area contributed by atoms with Crippen molar-refractivity contribution in [2.45, 2.75) is 37.8 Å². The average molecular weight is 342 g/mol. The molecule has 4 rings (SSSR count). The van der Waals surface area contributed by atoms with Crippen molar-refractivity contribution >= 4 is 11.9 Å². The van der Waals surface area contributed by atoms with Gasteiger partial charge in [-0.05, 0) is 38.3 Å². The number of likely N-dealkylation sites (tertiary alicyclic amines) is 1. The van der Waals surface area contributed by atoms with Gasteiger partial charge in [0.15, 0.2) is 0 Å². The fourth-order valence-electron chi connectivity index (χ4n) is 3.74. The number of rotatable bonds is 3. The van der Waals surface area contributed by atoms with Crippen molar-refractivity contribution in [2.24, 2.45) is 0 Å². The standard InChI is InChI=1S/C18H22N4O3/c1-13-15(3-10-24-13)16(23)22-8-4-18(5-9-22)11-14(12-25-18)21-17-19-6-2-7-20-17/h2-3,6-7,10,14H,4-5,8-9,11-12H2,1H3,(H,19,20,21)/t14-/m0/s1. The summed E-state index contributed by atoms with van der Waals surface area (Å²) in [5.74, 6) is 1.36. The number of piperidine rings is 1. The van der Waals surface area contributed by atoms with Crippen LogP contribution < -0.4 is 5.32 Å². The van der Waals surface area contributed by atoms with E-state index in [-0.39, 0.29) is 17.6 Å². The Morgan fingerprint density at radius 2 is 2.08 bits per heavy atom. The van der Waals surface area contributed by atoms with E-state index in [9.17, 15) is 4.79 Å². The van der Waals surface area contributed by atoms with Crippen molar-refractivity contribution in [3.8, 4) is 0 Å². The van der Waals surface area contributed by atoms with E-state index in [1.807, 2.05) is 11.8 Å². The van der Waals surface area contributed by atoms with Crippen LogP contribution in [0.5, 0.6) is 0 Å². The molecule has 0 radical (unpaired) electrons. The summed E-state index contributed by atoms with van der Waals surface area (Å²) in [4.78, 5) is 22.9. The third-order valence-corrected chi connectivity index (χ3v) is 5.16. The summed E-state index contributed by atoms with van der Waals surface area (Å²) in [6.45, 7) is 3.88. The second kappa shape index (κ2) is 6.48. The van der Waals surface area contributed by atoms with Crippen LogP contribution in [-0.2, 0) is 4.74 Å². The van der Waals surface area contributed by atoms with Gasteiger partial charge in [0.1, 0.15) is 5.76 Å². The molecule has 0 bridgehead atoms. The summed E-state index contributed by atoms with van der Waals surface area (Å²) >= 11 is 0. The van der Waals surface area contributed by atoms with Crippen LogP contribution in [0, 0.1) is 6.92 Å². The minimum Gasteiger partial charge on any atom is -0.469 e. The van der Waals surface area contributed by atoms with E-state index in [2.05, 4.69) is 15.3 Å². The number of hydrogen-bond donors (Lipinski definition) is 1. The monoisotopic (exact) mass is 342 g/mol. The van der Waals surface area contributed by atoms with Gasteiger partial charge in [-0.25, -0.2) is 9.97 Å². The van der Waals surface area contributed by atoms with Crippen LogP contribution in [0.1, 0.15) is 35.4 Å². The molecule has 2 saturated heterocycles. The largest absolute Gasteiger partial charge is 0.469 e. The van der Waals surface area contributed by atoms with Crippen LogP contribution in [0.15, 0.2) is 35.2 Å². The lowest BCUT2D eigenvalue weighted by Gasteiger charge is -2.38. The van der Waals surface area contributed by atoms with Gasteiger partial charge in [0.2, 0.25) is 5.95 Å². The quantitative estimate of drug-likeness (QED) is 0.921. The van der Waals surface area contributed by atoms with Gasteiger partial charge in [-0.1, -0.05) is 0 Å². The van der Waals surface area contributed by atoms with Gasteiger partial charge in [0.05, 0.1) is 30.1 Å². The zero-order chi connectivity index (χ0) is 17.3. The number of carbonyl (C=O) groups excluding carboxylic acids is 1. The number of furan rings is 1. The lowest BCUT2D eigenvalue weighted by molar-refractivity contribution is -0.0388. The summed E-state index contributed by atoms with van der Waals surface area (Å²) in [5.41, 5.74) is 0.512. The van der Waals surface area contributed by atoms with Crippen molar-refractivity contribution in [1.82, 2.24) is 14.9 Å². The number of amides is 1. The number of hydrogen-bond acceptors (Lipinski definition) is 6. The second-order valence-electron chi connectivity index (χ2n) is 6.79. The van der Waals surface area contributed by atoms with Crippen molar-refractivity contribution in [1.29, 1.82) is 0 Å². The Bertz CT molecular complexity index is 738. The second-order valence-corrected chi connectivity index (χ2v) is 6.79. The maximum atomic E-state index is 12.6. The summed E-state index contributed by atoms with van der Waals surface area (Å²) in [7, 11) is 0. The van der Waals surface area contributed by atoms with Gasteiger partial charge in [0.25, 0.3) is 5.91 Å². The highest BCUT2D eigenvalue weighted by Gasteiger charge is 2.43. The molecule has 0 unspecified atom stereocenters. The minimum atomic E-state index is -0.144. The summed E-state index contributed by atoms with van der Waals surface area (Å²) in [5, 5.41) is 3.34. The third kappa shape index (κ3) is 3.24. The lowest BCUT2D eigenvalue weighted by Crippen LogP contribution is -2.46. The Morgan fingerprint density at radius 1 is 1.32 bits per heavy atom. The van der Waals surface area contributed by atoms with Gasteiger partial charge < -0.3 is 19.4 Å². The van der Waals surface area contributed by atoms with Gasteiger partial charge in [0, 0.05) is 25.5 Å². The maximum absolute atomic E-state index is 12.6. The average Bonchev–Trinajstić information content (AvgIpc) is 3.23. The van der Waals surface area contributed by atoms with E-state index in [0.29, 0.717) is 37.0 Å². The van der Waals surface area contributed by atoms with Gasteiger partial charge >= 0.3 is 0 Å². The molecule has 2 aliphatic rings. The van der Waals surface area contributed by atoms with Crippen molar-refractivity contribution in [3.63, 3.8) is 0 Å². The molecule has 7 nitrogen and oxygen atoms in total. The molecule has 7 heteroatoms. The third-order valence-electron chi connectivity index (χ3n) is 5.16. The molecular weight excluding hydrogens is 320 g/mol. The molecule has 132 valence electrons. The van der Waals surface area contributed by atoms with Crippen molar-refractivity contribution in [2.75, 3.05) is 25.0 Å². The molecule has 1 N–H and O–H groups in total. The normalized spacial score (nSPS) is 22.3. The molecule has 2 aromatic rings. The highest BCUT2D eigenvalue weighted by molar-refractivity contribution is 5.95. The first-order valence-electron chi connectivity index (χ1n) is 8.66. The smallest absolute Gasteiger partial charge is 0.257 e. The van der Waals surface area contributed by atoms with Crippen molar-refractivity contribution < 1.29 is 13.9 Å². The summed E-state index contributed by atoms with van der Waals surface area (Å²) in [6.07, 6.45) is 7.63. The Balaban J connectivity index is 1.34. The molecule has 2 fully saturated rings. The van der Waals surface area contributed by atoms with Gasteiger partial charge in [-0.2, -0.15) is 0 Å². The van der Waals surface area contributed by atoms with E-state index in [1.54, 1.807) is 30.8 Å². The van der Waals surface area contributed by atoms with E-state index in [0.717, 1.165) is 19.3 Å². The SMILES string of the molecule is Cc1occc1C(=O)N1CCC2(CC1)C[C@H](Nc1ncccn1)CO2. The molecule has 0 aromatic carbocycles. The zero-order valence-electron chi connectivity index (χ0n) is 14.3. The van der Waals surface area contributed by atoms with Crippen LogP contribution in [-0.4, -0.2) is 52.1 Å². The zero-order valence-corrected chi connectivity index (χ0v) is 14.3. The maximum Gasteiger partial charge on any atom is 0.257 e. The molecule has 25 heavy (non-hydrogen) atoms. The van der Waals surface area contributed by atoms with Crippen LogP contribution in [0.2, 0.25) is 0 Å². The Labute approximate surface area is 146 Å². The molecule has 1 atom stereocenters. The van der Waals surface area contributed by atoms with Crippen molar-refractivity contribution in [3.05, 3.63) is 42.1 Å². The first kappa shape index (κ1) is 16.1. The van der Waals surface area contributed by atoms with E-state index >= 15 is 0 Å². The highest BCUT2D eigenvalue weighted by atomic mass is 16.5. The number of aryl methyl sites for hydroxylation is 1. The number of ether oxygens (including phenoxy) is 1. The number of carbonyl (C=O) groups is 1. The van der Waals surface area contributed by atoms with E-state index < -0.39 is 0 Å². The molecule has 2 aromatic heterocycles.